The Labute approximate surface area is 123 Å². The monoisotopic (exact) mass is 280 g/mol. The third-order valence-corrected chi connectivity index (χ3v) is 3.46. The van der Waals surface area contributed by atoms with E-state index in [-0.39, 0.29) is 5.91 Å². The van der Waals surface area contributed by atoms with E-state index in [2.05, 4.69) is 4.98 Å². The Morgan fingerprint density at radius 1 is 1.19 bits per heavy atom. The lowest BCUT2D eigenvalue weighted by Crippen LogP contribution is -2.30. The molecule has 0 radical (unpaired) electrons. The van der Waals surface area contributed by atoms with Gasteiger partial charge in [-0.25, -0.2) is 4.98 Å². The van der Waals surface area contributed by atoms with Gasteiger partial charge in [-0.1, -0.05) is 30.3 Å². The lowest BCUT2D eigenvalue weighted by molar-refractivity contribution is 0.0752. The predicted octanol–water partition coefficient (Wildman–Crippen LogP) is 3.49. The van der Waals surface area contributed by atoms with Crippen LogP contribution < -0.4 is 0 Å². The Morgan fingerprint density at radius 3 is 2.76 bits per heavy atom. The fourth-order valence-corrected chi connectivity index (χ4v) is 2.30. The van der Waals surface area contributed by atoms with Crippen LogP contribution in [0.2, 0.25) is 0 Å². The van der Waals surface area contributed by atoms with Crippen LogP contribution in [0.5, 0.6) is 0 Å². The zero-order valence-electron chi connectivity index (χ0n) is 11.8. The number of carbonyl (C=O) groups excluding carboxylic acids is 1. The highest BCUT2D eigenvalue weighted by atomic mass is 16.3. The fourth-order valence-electron chi connectivity index (χ4n) is 2.30. The maximum atomic E-state index is 12.6. The topological polar surface area (TPSA) is 46.3 Å². The molecule has 1 aromatic heterocycles. The van der Waals surface area contributed by atoms with Gasteiger partial charge in [0.1, 0.15) is 5.52 Å². The van der Waals surface area contributed by atoms with Gasteiger partial charge in [-0.3, -0.25) is 4.79 Å². The summed E-state index contributed by atoms with van der Waals surface area (Å²) in [6.07, 6.45) is 1.39. The van der Waals surface area contributed by atoms with Gasteiger partial charge >= 0.3 is 0 Å². The highest BCUT2D eigenvalue weighted by Gasteiger charge is 2.15. The van der Waals surface area contributed by atoms with Crippen molar-refractivity contribution in [3.63, 3.8) is 0 Å². The maximum Gasteiger partial charge on any atom is 0.254 e. The lowest BCUT2D eigenvalue weighted by Gasteiger charge is -2.21. The van der Waals surface area contributed by atoms with Crippen LogP contribution in [0.3, 0.4) is 0 Å². The standard InChI is InChI=1S/C17H16N2O2/c1-2-19(11-13-6-4-3-5-7-13)17(20)14-8-9-15-16(10-14)21-12-18-15/h3-10,12H,2,11H2,1H3. The molecule has 0 saturated carbocycles. The number of hydrogen-bond donors (Lipinski definition) is 0. The first-order valence-corrected chi connectivity index (χ1v) is 6.94. The van der Waals surface area contributed by atoms with E-state index in [0.717, 1.165) is 11.1 Å². The van der Waals surface area contributed by atoms with Crippen LogP contribution in [0, 0.1) is 0 Å². The molecule has 0 spiro atoms. The van der Waals surface area contributed by atoms with Gasteiger partial charge in [0.15, 0.2) is 12.0 Å². The number of aromatic nitrogens is 1. The first-order chi connectivity index (χ1) is 10.3. The van der Waals surface area contributed by atoms with E-state index in [9.17, 15) is 4.79 Å². The summed E-state index contributed by atoms with van der Waals surface area (Å²) in [7, 11) is 0. The molecular weight excluding hydrogens is 264 g/mol. The van der Waals surface area contributed by atoms with Gasteiger partial charge in [0, 0.05) is 18.7 Å². The van der Waals surface area contributed by atoms with E-state index in [1.807, 2.05) is 48.2 Å². The number of oxazole rings is 1. The van der Waals surface area contributed by atoms with Crippen molar-refractivity contribution in [3.05, 3.63) is 66.1 Å². The van der Waals surface area contributed by atoms with Crippen molar-refractivity contribution in [1.29, 1.82) is 0 Å². The SMILES string of the molecule is CCN(Cc1ccccc1)C(=O)c1ccc2ncoc2c1. The highest BCUT2D eigenvalue weighted by Crippen LogP contribution is 2.16. The molecule has 4 nitrogen and oxygen atoms in total. The molecule has 0 aliphatic heterocycles. The lowest BCUT2D eigenvalue weighted by atomic mass is 10.1. The summed E-state index contributed by atoms with van der Waals surface area (Å²) >= 11 is 0. The number of amides is 1. The second-order valence-corrected chi connectivity index (χ2v) is 4.84. The molecule has 3 aromatic rings. The summed E-state index contributed by atoms with van der Waals surface area (Å²) < 4.78 is 5.26. The number of benzene rings is 2. The molecule has 0 bridgehead atoms. The minimum absolute atomic E-state index is 0.000321. The Morgan fingerprint density at radius 2 is 2.00 bits per heavy atom. The molecule has 106 valence electrons. The van der Waals surface area contributed by atoms with E-state index in [0.29, 0.717) is 24.2 Å². The quantitative estimate of drug-likeness (QED) is 0.735. The molecule has 0 unspecified atom stereocenters. The third kappa shape index (κ3) is 2.79. The summed E-state index contributed by atoms with van der Waals surface area (Å²) in [5.74, 6) is -0.000321. The van der Waals surface area contributed by atoms with Gasteiger partial charge in [0.2, 0.25) is 0 Å². The van der Waals surface area contributed by atoms with Crippen molar-refractivity contribution in [2.75, 3.05) is 6.54 Å². The highest BCUT2D eigenvalue weighted by molar-refractivity contribution is 5.97. The predicted molar refractivity (Wildman–Crippen MR) is 80.9 cm³/mol. The van der Waals surface area contributed by atoms with Gasteiger partial charge in [0.25, 0.3) is 5.91 Å². The normalized spacial score (nSPS) is 10.7. The van der Waals surface area contributed by atoms with Gasteiger partial charge in [-0.2, -0.15) is 0 Å². The van der Waals surface area contributed by atoms with Crippen molar-refractivity contribution in [3.8, 4) is 0 Å². The largest absolute Gasteiger partial charge is 0.443 e. The van der Waals surface area contributed by atoms with Crippen LogP contribution in [0.4, 0.5) is 0 Å². The van der Waals surface area contributed by atoms with Crippen LogP contribution in [0.15, 0.2) is 59.3 Å². The first-order valence-electron chi connectivity index (χ1n) is 6.94. The summed E-state index contributed by atoms with van der Waals surface area (Å²) in [5.41, 5.74) is 3.14. The Hall–Kier alpha value is -2.62. The summed E-state index contributed by atoms with van der Waals surface area (Å²) in [6, 6.07) is 15.3. The van der Waals surface area contributed by atoms with Crippen LogP contribution in [0.25, 0.3) is 11.1 Å². The van der Waals surface area contributed by atoms with Crippen molar-refractivity contribution in [2.24, 2.45) is 0 Å². The molecule has 0 saturated heterocycles. The van der Waals surface area contributed by atoms with E-state index in [4.69, 9.17) is 4.42 Å². The zero-order chi connectivity index (χ0) is 14.7. The van der Waals surface area contributed by atoms with E-state index in [1.165, 1.54) is 6.39 Å². The summed E-state index contributed by atoms with van der Waals surface area (Å²) in [4.78, 5) is 18.5. The smallest absolute Gasteiger partial charge is 0.254 e. The molecule has 0 N–H and O–H groups in total. The number of fused-ring (bicyclic) bond motifs is 1. The average Bonchev–Trinajstić information content (AvgIpc) is 3.00. The molecule has 1 heterocycles. The van der Waals surface area contributed by atoms with Gasteiger partial charge in [-0.15, -0.1) is 0 Å². The Balaban J connectivity index is 1.84. The Kier molecular flexibility index (Phi) is 3.69. The second kappa shape index (κ2) is 5.79. The van der Waals surface area contributed by atoms with Gasteiger partial charge in [0.05, 0.1) is 0 Å². The van der Waals surface area contributed by atoms with Crippen molar-refractivity contribution in [2.45, 2.75) is 13.5 Å². The summed E-state index contributed by atoms with van der Waals surface area (Å²) in [6.45, 7) is 3.24. The first kappa shape index (κ1) is 13.4. The van der Waals surface area contributed by atoms with Crippen molar-refractivity contribution >= 4 is 17.0 Å². The molecule has 0 fully saturated rings. The number of hydrogen-bond acceptors (Lipinski definition) is 3. The zero-order valence-corrected chi connectivity index (χ0v) is 11.8. The summed E-state index contributed by atoms with van der Waals surface area (Å²) in [5, 5.41) is 0. The van der Waals surface area contributed by atoms with E-state index >= 15 is 0 Å². The van der Waals surface area contributed by atoms with Crippen molar-refractivity contribution in [1.82, 2.24) is 9.88 Å². The average molecular weight is 280 g/mol. The van der Waals surface area contributed by atoms with Gasteiger partial charge < -0.3 is 9.32 Å². The van der Waals surface area contributed by atoms with Crippen LogP contribution in [-0.4, -0.2) is 22.3 Å². The number of carbonyl (C=O) groups is 1. The van der Waals surface area contributed by atoms with E-state index in [1.54, 1.807) is 12.1 Å². The number of nitrogens with zero attached hydrogens (tertiary/aromatic N) is 2. The van der Waals surface area contributed by atoms with Crippen LogP contribution in [0.1, 0.15) is 22.8 Å². The Bertz CT molecular complexity index is 750. The molecule has 0 aliphatic carbocycles. The van der Waals surface area contributed by atoms with Gasteiger partial charge in [-0.05, 0) is 30.7 Å². The maximum absolute atomic E-state index is 12.6. The number of rotatable bonds is 4. The van der Waals surface area contributed by atoms with Crippen LogP contribution >= 0.6 is 0 Å². The molecule has 21 heavy (non-hydrogen) atoms. The van der Waals surface area contributed by atoms with Crippen molar-refractivity contribution < 1.29 is 9.21 Å². The molecule has 1 amide bonds. The molecule has 0 aliphatic rings. The molecule has 0 atom stereocenters. The molecular formula is C17H16N2O2. The minimum Gasteiger partial charge on any atom is -0.443 e. The molecule has 2 aromatic carbocycles. The second-order valence-electron chi connectivity index (χ2n) is 4.84. The fraction of sp³-hybridized carbons (Fsp3) is 0.176. The minimum atomic E-state index is -0.000321. The molecule has 4 heteroatoms. The third-order valence-electron chi connectivity index (χ3n) is 3.46. The van der Waals surface area contributed by atoms with E-state index < -0.39 is 0 Å². The molecule has 3 rings (SSSR count). The van der Waals surface area contributed by atoms with Crippen LogP contribution in [-0.2, 0) is 6.54 Å².